The topological polar surface area (TPSA) is 76.8 Å². The summed E-state index contributed by atoms with van der Waals surface area (Å²) < 4.78 is 5.57. The third kappa shape index (κ3) is 3.29. The summed E-state index contributed by atoms with van der Waals surface area (Å²) in [5, 5.41) is 6.87. The molecule has 5 nitrogen and oxygen atoms in total. The summed E-state index contributed by atoms with van der Waals surface area (Å²) in [6.07, 6.45) is 0.682. The Morgan fingerprint density at radius 2 is 2.06 bits per heavy atom. The molecule has 0 amide bonds. The van der Waals surface area contributed by atoms with Gasteiger partial charge >= 0.3 is 0 Å². The first-order valence-corrected chi connectivity index (χ1v) is 5.57. The smallest absolute Gasteiger partial charge is 0.162 e. The first-order chi connectivity index (χ1) is 8.28. The number of ether oxygens (including phenoxy) is 1. The van der Waals surface area contributed by atoms with Gasteiger partial charge in [-0.15, -0.1) is 0 Å². The van der Waals surface area contributed by atoms with Crippen molar-refractivity contribution in [2.75, 3.05) is 6.54 Å². The highest BCUT2D eigenvalue weighted by Gasteiger charge is 2.02. The van der Waals surface area contributed by atoms with Gasteiger partial charge in [0.15, 0.2) is 11.6 Å². The lowest BCUT2D eigenvalue weighted by Crippen LogP contribution is -2.04. The summed E-state index contributed by atoms with van der Waals surface area (Å²) in [5.74, 6) is 2.27. The molecule has 17 heavy (non-hydrogen) atoms. The van der Waals surface area contributed by atoms with E-state index in [9.17, 15) is 0 Å². The highest BCUT2D eigenvalue weighted by Crippen LogP contribution is 2.12. The third-order valence-corrected chi connectivity index (χ3v) is 2.34. The SMILES string of the molecule is Cc1ccc(OCc2nc(CCN)n[nH]2)cc1. The Bertz CT molecular complexity index is 464. The molecule has 0 fully saturated rings. The number of aryl methyl sites for hydroxylation is 1. The van der Waals surface area contributed by atoms with Crippen molar-refractivity contribution in [3.8, 4) is 5.75 Å². The molecule has 5 heteroatoms. The molecule has 0 bridgehead atoms. The molecule has 0 atom stereocenters. The van der Waals surface area contributed by atoms with Crippen LogP contribution in [-0.4, -0.2) is 21.7 Å². The van der Waals surface area contributed by atoms with Crippen molar-refractivity contribution in [1.82, 2.24) is 15.2 Å². The normalized spacial score (nSPS) is 10.5. The highest BCUT2D eigenvalue weighted by molar-refractivity contribution is 5.26. The van der Waals surface area contributed by atoms with Crippen molar-refractivity contribution >= 4 is 0 Å². The number of aromatic nitrogens is 3. The van der Waals surface area contributed by atoms with E-state index in [1.165, 1.54) is 5.56 Å². The second kappa shape index (κ2) is 5.45. The predicted octanol–water partition coefficient (Wildman–Crippen LogP) is 1.19. The number of hydrogen-bond acceptors (Lipinski definition) is 4. The zero-order chi connectivity index (χ0) is 12.1. The van der Waals surface area contributed by atoms with Crippen molar-refractivity contribution in [3.63, 3.8) is 0 Å². The predicted molar refractivity (Wildman–Crippen MR) is 64.7 cm³/mol. The molecule has 1 aromatic carbocycles. The second-order valence-corrected chi connectivity index (χ2v) is 3.84. The van der Waals surface area contributed by atoms with E-state index in [4.69, 9.17) is 10.5 Å². The minimum atomic E-state index is 0.390. The highest BCUT2D eigenvalue weighted by atomic mass is 16.5. The summed E-state index contributed by atoms with van der Waals surface area (Å²) in [6.45, 7) is 2.98. The first kappa shape index (κ1) is 11.6. The van der Waals surface area contributed by atoms with Gasteiger partial charge < -0.3 is 10.5 Å². The molecule has 0 aliphatic rings. The maximum Gasteiger partial charge on any atom is 0.162 e. The molecule has 0 aliphatic heterocycles. The molecule has 0 spiro atoms. The number of aromatic amines is 1. The van der Waals surface area contributed by atoms with Crippen LogP contribution in [0.4, 0.5) is 0 Å². The maximum absolute atomic E-state index is 5.57. The Morgan fingerprint density at radius 1 is 1.29 bits per heavy atom. The van der Waals surface area contributed by atoms with E-state index < -0.39 is 0 Å². The van der Waals surface area contributed by atoms with Crippen LogP contribution in [-0.2, 0) is 13.0 Å². The van der Waals surface area contributed by atoms with Crippen LogP contribution in [0.15, 0.2) is 24.3 Å². The van der Waals surface area contributed by atoms with Crippen LogP contribution in [0.1, 0.15) is 17.2 Å². The average molecular weight is 232 g/mol. The van der Waals surface area contributed by atoms with E-state index in [0.717, 1.165) is 11.6 Å². The van der Waals surface area contributed by atoms with E-state index in [0.29, 0.717) is 25.4 Å². The van der Waals surface area contributed by atoms with Crippen LogP contribution in [0.2, 0.25) is 0 Å². The van der Waals surface area contributed by atoms with E-state index in [1.54, 1.807) is 0 Å². The molecule has 0 aliphatic carbocycles. The van der Waals surface area contributed by atoms with E-state index in [1.807, 2.05) is 31.2 Å². The van der Waals surface area contributed by atoms with Gasteiger partial charge in [-0.05, 0) is 25.6 Å². The average Bonchev–Trinajstić information content (AvgIpc) is 2.77. The van der Waals surface area contributed by atoms with Gasteiger partial charge in [0.05, 0.1) is 0 Å². The molecule has 3 N–H and O–H groups in total. The molecule has 0 radical (unpaired) electrons. The molecule has 0 unspecified atom stereocenters. The van der Waals surface area contributed by atoms with E-state index >= 15 is 0 Å². The lowest BCUT2D eigenvalue weighted by atomic mass is 10.2. The molecule has 1 aromatic heterocycles. The summed E-state index contributed by atoms with van der Waals surface area (Å²) in [7, 11) is 0. The molecular weight excluding hydrogens is 216 g/mol. The van der Waals surface area contributed by atoms with E-state index in [2.05, 4.69) is 15.2 Å². The number of H-pyrrole nitrogens is 1. The van der Waals surface area contributed by atoms with Crippen LogP contribution in [0.5, 0.6) is 5.75 Å². The Labute approximate surface area is 100 Å². The lowest BCUT2D eigenvalue weighted by molar-refractivity contribution is 0.296. The summed E-state index contributed by atoms with van der Waals surface area (Å²) in [5.41, 5.74) is 6.63. The lowest BCUT2D eigenvalue weighted by Gasteiger charge is -2.03. The molecule has 1 heterocycles. The quantitative estimate of drug-likeness (QED) is 0.812. The van der Waals surface area contributed by atoms with Crippen molar-refractivity contribution in [2.45, 2.75) is 20.0 Å². The number of hydrogen-bond donors (Lipinski definition) is 2. The monoisotopic (exact) mass is 232 g/mol. The number of nitrogens with one attached hydrogen (secondary N) is 1. The van der Waals surface area contributed by atoms with Crippen LogP contribution < -0.4 is 10.5 Å². The van der Waals surface area contributed by atoms with Crippen molar-refractivity contribution < 1.29 is 4.74 Å². The summed E-state index contributed by atoms with van der Waals surface area (Å²) in [4.78, 5) is 4.26. The third-order valence-electron chi connectivity index (χ3n) is 2.34. The Kier molecular flexibility index (Phi) is 3.72. The Balaban J connectivity index is 1.90. The maximum atomic E-state index is 5.57. The number of benzene rings is 1. The zero-order valence-corrected chi connectivity index (χ0v) is 9.81. The van der Waals surface area contributed by atoms with Gasteiger partial charge in [-0.1, -0.05) is 17.7 Å². The number of rotatable bonds is 5. The van der Waals surface area contributed by atoms with Gasteiger partial charge in [0.1, 0.15) is 12.4 Å². The van der Waals surface area contributed by atoms with Crippen LogP contribution >= 0.6 is 0 Å². The number of nitrogens with zero attached hydrogens (tertiary/aromatic N) is 2. The molecule has 2 rings (SSSR count). The largest absolute Gasteiger partial charge is 0.486 e. The summed E-state index contributed by atoms with van der Waals surface area (Å²) in [6, 6.07) is 7.89. The number of nitrogens with two attached hydrogens (primary N) is 1. The van der Waals surface area contributed by atoms with Gasteiger partial charge in [0, 0.05) is 6.42 Å². The van der Waals surface area contributed by atoms with Gasteiger partial charge in [-0.3, -0.25) is 5.10 Å². The molecule has 0 saturated heterocycles. The summed E-state index contributed by atoms with van der Waals surface area (Å²) >= 11 is 0. The van der Waals surface area contributed by atoms with Crippen molar-refractivity contribution in [3.05, 3.63) is 41.5 Å². The molecule has 0 saturated carbocycles. The minimum Gasteiger partial charge on any atom is -0.486 e. The van der Waals surface area contributed by atoms with E-state index in [-0.39, 0.29) is 0 Å². The second-order valence-electron chi connectivity index (χ2n) is 3.84. The van der Waals surface area contributed by atoms with Gasteiger partial charge in [0.2, 0.25) is 0 Å². The molecule has 90 valence electrons. The minimum absolute atomic E-state index is 0.390. The standard InChI is InChI=1S/C12H16N4O/c1-9-2-4-10(5-3-9)17-8-12-14-11(6-7-13)15-16-12/h2-5H,6-8,13H2,1H3,(H,14,15,16). The van der Waals surface area contributed by atoms with Gasteiger partial charge in [-0.2, -0.15) is 5.10 Å². The van der Waals surface area contributed by atoms with Crippen molar-refractivity contribution in [1.29, 1.82) is 0 Å². The molecular formula is C12H16N4O. The van der Waals surface area contributed by atoms with Crippen LogP contribution in [0.25, 0.3) is 0 Å². The van der Waals surface area contributed by atoms with Crippen molar-refractivity contribution in [2.24, 2.45) is 5.73 Å². The van der Waals surface area contributed by atoms with Crippen LogP contribution in [0, 0.1) is 6.92 Å². The fourth-order valence-corrected chi connectivity index (χ4v) is 1.43. The van der Waals surface area contributed by atoms with Gasteiger partial charge in [-0.25, -0.2) is 4.98 Å². The van der Waals surface area contributed by atoms with Crippen LogP contribution in [0.3, 0.4) is 0 Å². The Morgan fingerprint density at radius 3 is 2.76 bits per heavy atom. The molecule has 2 aromatic rings. The fourth-order valence-electron chi connectivity index (χ4n) is 1.43. The first-order valence-electron chi connectivity index (χ1n) is 5.57. The fraction of sp³-hybridized carbons (Fsp3) is 0.333. The Hall–Kier alpha value is -1.88. The zero-order valence-electron chi connectivity index (χ0n) is 9.81. The van der Waals surface area contributed by atoms with Gasteiger partial charge in [0.25, 0.3) is 0 Å².